The van der Waals surface area contributed by atoms with Crippen LogP contribution in [0.1, 0.15) is 58.2 Å². The van der Waals surface area contributed by atoms with E-state index in [1.165, 1.54) is 0 Å². The first-order chi connectivity index (χ1) is 13.3. The maximum absolute atomic E-state index is 12.6. The monoisotopic (exact) mass is 379 g/mol. The van der Waals surface area contributed by atoms with Crippen LogP contribution in [0.3, 0.4) is 0 Å². The molecule has 5 nitrogen and oxygen atoms in total. The molecule has 2 aromatic rings. The lowest BCUT2D eigenvalue weighted by Crippen LogP contribution is -2.45. The Morgan fingerprint density at radius 3 is 2.79 bits per heavy atom. The molecule has 0 N–H and O–H groups in total. The van der Waals surface area contributed by atoms with E-state index in [0.717, 1.165) is 48.9 Å². The molecular weight excluding hydrogens is 350 g/mol. The van der Waals surface area contributed by atoms with Crippen molar-refractivity contribution in [3.63, 3.8) is 0 Å². The van der Waals surface area contributed by atoms with Crippen molar-refractivity contribution in [1.29, 1.82) is 5.26 Å². The normalized spacial score (nSPS) is 17.8. The third kappa shape index (κ3) is 4.39. The van der Waals surface area contributed by atoms with Gasteiger partial charge in [0.05, 0.1) is 17.7 Å². The Morgan fingerprint density at radius 2 is 2.11 bits per heavy atom. The summed E-state index contributed by atoms with van der Waals surface area (Å²) in [4.78, 5) is 14.4. The molecule has 0 aliphatic carbocycles. The van der Waals surface area contributed by atoms with Gasteiger partial charge in [-0.3, -0.25) is 0 Å². The van der Waals surface area contributed by atoms with Crippen molar-refractivity contribution in [1.82, 2.24) is 9.47 Å². The van der Waals surface area contributed by atoms with E-state index in [1.807, 2.05) is 43.9 Å². The topological polar surface area (TPSA) is 58.3 Å². The molecule has 1 saturated heterocycles. The number of fused-ring (bicyclic) bond motifs is 1. The number of carbonyl (C=O) groups is 1. The van der Waals surface area contributed by atoms with Gasteiger partial charge in [-0.25, -0.2) is 4.79 Å². The standard InChI is InChI=1S/C23H29N3O2/c1-5-25-20(15-18-10-9-17(16-24)14-21(18)25)12-11-19-8-6-7-13-26(19)22(27)28-23(2,3)4/h9-12,14-15,19H,5-8,13H2,1-4H3/t19-/m0/s1. The highest BCUT2D eigenvalue weighted by Crippen LogP contribution is 2.25. The first kappa shape index (κ1) is 20.0. The zero-order chi connectivity index (χ0) is 20.3. The van der Waals surface area contributed by atoms with Crippen LogP contribution >= 0.6 is 0 Å². The number of rotatable bonds is 3. The number of hydrogen-bond donors (Lipinski definition) is 0. The van der Waals surface area contributed by atoms with Crippen LogP contribution in [0.5, 0.6) is 0 Å². The SMILES string of the molecule is CCn1c(C=C[C@@H]2CCCCN2C(=O)OC(C)(C)C)cc2ccc(C#N)cc21. The summed E-state index contributed by atoms with van der Waals surface area (Å²) >= 11 is 0. The molecule has 0 unspecified atom stereocenters. The minimum absolute atomic E-state index is 0.0431. The van der Waals surface area contributed by atoms with Crippen LogP contribution in [0.2, 0.25) is 0 Å². The molecule has 1 aliphatic heterocycles. The first-order valence-corrected chi connectivity index (χ1v) is 10.0. The van der Waals surface area contributed by atoms with Gasteiger partial charge in [0.25, 0.3) is 0 Å². The van der Waals surface area contributed by atoms with E-state index >= 15 is 0 Å². The fourth-order valence-corrected chi connectivity index (χ4v) is 3.75. The smallest absolute Gasteiger partial charge is 0.410 e. The molecule has 28 heavy (non-hydrogen) atoms. The van der Waals surface area contributed by atoms with Crippen LogP contribution < -0.4 is 0 Å². The zero-order valence-corrected chi connectivity index (χ0v) is 17.2. The van der Waals surface area contributed by atoms with E-state index in [0.29, 0.717) is 5.56 Å². The zero-order valence-electron chi connectivity index (χ0n) is 17.2. The van der Waals surface area contributed by atoms with Crippen molar-refractivity contribution in [3.8, 4) is 6.07 Å². The Labute approximate surface area is 167 Å². The molecule has 2 heterocycles. The highest BCUT2D eigenvalue weighted by Gasteiger charge is 2.29. The predicted molar refractivity (Wildman–Crippen MR) is 112 cm³/mol. The van der Waals surface area contributed by atoms with Gasteiger partial charge >= 0.3 is 6.09 Å². The van der Waals surface area contributed by atoms with Crippen LogP contribution in [0.15, 0.2) is 30.3 Å². The lowest BCUT2D eigenvalue weighted by atomic mass is 10.0. The van der Waals surface area contributed by atoms with Gasteiger partial charge < -0.3 is 14.2 Å². The second kappa shape index (κ2) is 8.10. The van der Waals surface area contributed by atoms with E-state index in [2.05, 4.69) is 35.8 Å². The number of benzene rings is 1. The highest BCUT2D eigenvalue weighted by molar-refractivity contribution is 5.85. The van der Waals surface area contributed by atoms with Crippen molar-refractivity contribution < 1.29 is 9.53 Å². The predicted octanol–water partition coefficient (Wildman–Crippen LogP) is 5.34. The number of aromatic nitrogens is 1. The van der Waals surface area contributed by atoms with E-state index < -0.39 is 5.60 Å². The summed E-state index contributed by atoms with van der Waals surface area (Å²) in [5.74, 6) is 0. The van der Waals surface area contributed by atoms with Crippen molar-refractivity contribution in [2.24, 2.45) is 0 Å². The lowest BCUT2D eigenvalue weighted by molar-refractivity contribution is 0.0150. The van der Waals surface area contributed by atoms with Crippen LogP contribution in [0.4, 0.5) is 4.79 Å². The summed E-state index contributed by atoms with van der Waals surface area (Å²) in [6.07, 6.45) is 7.04. The summed E-state index contributed by atoms with van der Waals surface area (Å²) in [6, 6.07) is 10.2. The molecule has 5 heteroatoms. The van der Waals surface area contributed by atoms with Crippen molar-refractivity contribution in [3.05, 3.63) is 41.6 Å². The second-order valence-corrected chi connectivity index (χ2v) is 8.29. The quantitative estimate of drug-likeness (QED) is 0.724. The van der Waals surface area contributed by atoms with Gasteiger partial charge in [-0.1, -0.05) is 12.1 Å². The minimum atomic E-state index is -0.490. The minimum Gasteiger partial charge on any atom is -0.444 e. The van der Waals surface area contributed by atoms with Crippen molar-refractivity contribution in [2.75, 3.05) is 6.54 Å². The highest BCUT2D eigenvalue weighted by atomic mass is 16.6. The van der Waals surface area contributed by atoms with Gasteiger partial charge in [0.2, 0.25) is 0 Å². The number of nitriles is 1. The Morgan fingerprint density at radius 1 is 1.32 bits per heavy atom. The molecule has 3 rings (SSSR count). The van der Waals surface area contributed by atoms with E-state index in [-0.39, 0.29) is 12.1 Å². The number of aryl methyl sites for hydroxylation is 1. The fourth-order valence-electron chi connectivity index (χ4n) is 3.75. The summed E-state index contributed by atoms with van der Waals surface area (Å²) in [7, 11) is 0. The molecule has 0 saturated carbocycles. The molecule has 1 fully saturated rings. The number of ether oxygens (including phenoxy) is 1. The summed E-state index contributed by atoms with van der Waals surface area (Å²) in [6.45, 7) is 9.34. The van der Waals surface area contributed by atoms with Gasteiger partial charge in [0.1, 0.15) is 5.60 Å². The first-order valence-electron chi connectivity index (χ1n) is 10.0. The Balaban J connectivity index is 1.87. The second-order valence-electron chi connectivity index (χ2n) is 8.29. The number of likely N-dealkylation sites (tertiary alicyclic amines) is 1. The fraction of sp³-hybridized carbons (Fsp3) is 0.478. The number of amides is 1. The maximum Gasteiger partial charge on any atom is 0.410 e. The van der Waals surface area contributed by atoms with Gasteiger partial charge in [0.15, 0.2) is 0 Å². The molecule has 1 aromatic carbocycles. The molecule has 0 bridgehead atoms. The summed E-state index contributed by atoms with van der Waals surface area (Å²) < 4.78 is 7.80. The number of nitrogens with zero attached hydrogens (tertiary/aromatic N) is 3. The van der Waals surface area contributed by atoms with E-state index in [9.17, 15) is 10.1 Å². The van der Waals surface area contributed by atoms with Gasteiger partial charge in [0, 0.05) is 29.7 Å². The maximum atomic E-state index is 12.6. The van der Waals surface area contributed by atoms with Gasteiger partial charge in [-0.2, -0.15) is 5.26 Å². The Hall–Kier alpha value is -2.74. The average molecular weight is 380 g/mol. The van der Waals surface area contributed by atoms with Gasteiger partial charge in [-0.15, -0.1) is 0 Å². The van der Waals surface area contributed by atoms with Gasteiger partial charge in [-0.05, 0) is 71.2 Å². The molecule has 148 valence electrons. The molecular formula is C23H29N3O2. The summed E-state index contributed by atoms with van der Waals surface area (Å²) in [5, 5.41) is 10.3. The molecule has 1 amide bonds. The summed E-state index contributed by atoms with van der Waals surface area (Å²) in [5.41, 5.74) is 2.32. The van der Waals surface area contributed by atoms with E-state index in [1.54, 1.807) is 0 Å². The lowest BCUT2D eigenvalue weighted by Gasteiger charge is -2.35. The van der Waals surface area contributed by atoms with Crippen molar-refractivity contribution in [2.45, 2.75) is 65.1 Å². The number of carbonyl (C=O) groups excluding carboxylic acids is 1. The van der Waals surface area contributed by atoms with Crippen LogP contribution in [0, 0.1) is 11.3 Å². The Kier molecular flexibility index (Phi) is 5.79. The largest absolute Gasteiger partial charge is 0.444 e. The van der Waals surface area contributed by atoms with Crippen LogP contribution in [-0.4, -0.2) is 33.7 Å². The van der Waals surface area contributed by atoms with Crippen LogP contribution in [0.25, 0.3) is 17.0 Å². The molecule has 1 atom stereocenters. The third-order valence-corrected chi connectivity index (χ3v) is 5.05. The van der Waals surface area contributed by atoms with Crippen molar-refractivity contribution >= 4 is 23.1 Å². The number of hydrogen-bond acceptors (Lipinski definition) is 3. The third-order valence-electron chi connectivity index (χ3n) is 5.05. The average Bonchev–Trinajstić information content (AvgIpc) is 3.01. The Bertz CT molecular complexity index is 928. The number of piperidine rings is 1. The van der Waals surface area contributed by atoms with E-state index in [4.69, 9.17) is 4.74 Å². The molecule has 0 spiro atoms. The molecule has 0 radical (unpaired) electrons. The molecule has 1 aliphatic rings. The molecule has 1 aromatic heterocycles. The van der Waals surface area contributed by atoms with Crippen LogP contribution in [-0.2, 0) is 11.3 Å².